The standard InChI is InChI=1S/C48H56N10O12S2/c1-23(2)37-47(67)69-19-33(53-41(61)29-16-15-27-11-7-8-12-28(27)17-29)43(63)50-25(5)39(59)55-35-21-71-72-22-36(45(65)57-37)56-40(60)26(6)51-44(64)34(20-70-48(68)38(24(3)4)58-46(35)66)54-42(62)32-18-49-30-13-9-10-14-31(30)52-32/h7-18,23-26,33-38H,19-22H2,1-6H3,(H,50,63)(H,51,64)(H,53,61)(H,54,62)(H,55,59)(H,56,60)(H,57,65)(H,58,66)/t25-,26-,33+,34+,35-,36-,37-,38-/m0/s1. The van der Waals surface area contributed by atoms with Gasteiger partial charge in [0.1, 0.15) is 67.2 Å². The summed E-state index contributed by atoms with van der Waals surface area (Å²) in [6, 6.07) is 7.37. The van der Waals surface area contributed by atoms with E-state index in [4.69, 9.17) is 9.47 Å². The van der Waals surface area contributed by atoms with Crippen molar-refractivity contribution in [1.82, 2.24) is 52.5 Å². The normalized spacial score (nSPS) is 24.8. The highest BCUT2D eigenvalue weighted by Crippen LogP contribution is 2.24. The van der Waals surface area contributed by atoms with Crippen molar-refractivity contribution in [1.29, 1.82) is 0 Å². The average molecular weight is 1030 g/mol. The van der Waals surface area contributed by atoms with E-state index in [1.807, 2.05) is 12.1 Å². The van der Waals surface area contributed by atoms with Crippen LogP contribution in [0.1, 0.15) is 62.4 Å². The fourth-order valence-electron chi connectivity index (χ4n) is 7.20. The van der Waals surface area contributed by atoms with E-state index >= 15 is 0 Å². The maximum atomic E-state index is 14.1. The monoisotopic (exact) mass is 1030 g/mol. The van der Waals surface area contributed by atoms with Gasteiger partial charge in [-0.05, 0) is 60.7 Å². The largest absolute Gasteiger partial charge is 0.461 e. The summed E-state index contributed by atoms with van der Waals surface area (Å²) < 4.78 is 11.1. The lowest BCUT2D eigenvalue weighted by atomic mass is 10.0. The highest BCUT2D eigenvalue weighted by Gasteiger charge is 2.37. The predicted octanol–water partition coefficient (Wildman–Crippen LogP) is 0.436. The Morgan fingerprint density at radius 1 is 0.569 bits per heavy atom. The molecule has 2 saturated heterocycles. The first-order valence-corrected chi connectivity index (χ1v) is 25.5. The molecule has 6 rings (SSSR count). The molecule has 382 valence electrons. The first kappa shape index (κ1) is 54.0. The quantitative estimate of drug-likeness (QED) is 0.0960. The minimum absolute atomic E-state index is 0.171. The Morgan fingerprint density at radius 2 is 1.04 bits per heavy atom. The van der Waals surface area contributed by atoms with Gasteiger partial charge in [0.15, 0.2) is 0 Å². The zero-order valence-electron chi connectivity index (χ0n) is 40.1. The molecule has 0 saturated carbocycles. The van der Waals surface area contributed by atoms with Crippen molar-refractivity contribution < 1.29 is 57.4 Å². The smallest absolute Gasteiger partial charge is 0.328 e. The molecule has 8 amide bonds. The van der Waals surface area contributed by atoms with Crippen LogP contribution in [0.5, 0.6) is 0 Å². The Bertz CT molecular complexity index is 2560. The van der Waals surface area contributed by atoms with Crippen molar-refractivity contribution in [2.24, 2.45) is 11.8 Å². The highest BCUT2D eigenvalue weighted by atomic mass is 33.1. The number of fused-ring (bicyclic) bond motifs is 7. The van der Waals surface area contributed by atoms with Crippen molar-refractivity contribution in [2.45, 2.75) is 89.9 Å². The summed E-state index contributed by atoms with van der Waals surface area (Å²) in [5, 5.41) is 22.0. The Hall–Kier alpha value is -7.34. The van der Waals surface area contributed by atoms with Gasteiger partial charge >= 0.3 is 11.9 Å². The molecule has 2 aliphatic rings. The van der Waals surface area contributed by atoms with Gasteiger partial charge in [0.25, 0.3) is 11.8 Å². The topological polar surface area (TPSA) is 311 Å². The second-order valence-corrected chi connectivity index (χ2v) is 20.3. The van der Waals surface area contributed by atoms with E-state index in [0.29, 0.717) is 11.0 Å². The third-order valence-electron chi connectivity index (χ3n) is 11.5. The maximum Gasteiger partial charge on any atom is 0.328 e. The molecule has 2 bridgehead atoms. The number of cyclic esters (lactones) is 2. The molecular formula is C48H56N10O12S2. The van der Waals surface area contributed by atoms with Crippen molar-refractivity contribution in [3.63, 3.8) is 0 Å². The van der Waals surface area contributed by atoms with Crippen LogP contribution < -0.4 is 42.5 Å². The van der Waals surface area contributed by atoms with Gasteiger partial charge in [0, 0.05) is 17.1 Å². The van der Waals surface area contributed by atoms with Crippen LogP contribution in [-0.2, 0) is 47.8 Å². The molecule has 2 aliphatic heterocycles. The van der Waals surface area contributed by atoms with Gasteiger partial charge in [0.2, 0.25) is 35.4 Å². The van der Waals surface area contributed by atoms with Gasteiger partial charge in [-0.3, -0.25) is 43.3 Å². The molecule has 8 atom stereocenters. The Balaban J connectivity index is 1.31. The number of nitrogens with one attached hydrogen (secondary N) is 8. The molecule has 24 heteroatoms. The highest BCUT2D eigenvalue weighted by molar-refractivity contribution is 8.76. The van der Waals surface area contributed by atoms with Crippen LogP contribution in [0.2, 0.25) is 0 Å². The SMILES string of the molecule is CC(C)[C@@H]1NC(=O)[C@@H]2CSSC[C@H](NC(=O)[C@H](C)NC(=O)[C@H](NC(=O)c3cnc4ccccc4n3)COC1=O)C(=O)N[C@@H](C(C)C)C(=O)OC[C@@H](NC(=O)c1ccc3ccccc3c1)C(=O)N[C@@H](C)C(=O)N2. The van der Waals surface area contributed by atoms with Crippen LogP contribution >= 0.6 is 21.6 Å². The van der Waals surface area contributed by atoms with E-state index in [-0.39, 0.29) is 22.8 Å². The lowest BCUT2D eigenvalue weighted by Crippen LogP contribution is -2.60. The van der Waals surface area contributed by atoms with Gasteiger partial charge in [-0.15, -0.1) is 0 Å². The first-order chi connectivity index (χ1) is 34.3. The molecule has 0 aliphatic carbocycles. The molecule has 1 aromatic heterocycles. The third kappa shape index (κ3) is 14.2. The van der Waals surface area contributed by atoms with Gasteiger partial charge in [-0.1, -0.05) is 91.7 Å². The number of benzene rings is 3. The van der Waals surface area contributed by atoms with Crippen molar-refractivity contribution >= 4 is 103 Å². The number of ether oxygens (including phenoxy) is 2. The molecule has 72 heavy (non-hydrogen) atoms. The second kappa shape index (κ2) is 24.7. The van der Waals surface area contributed by atoms with E-state index < -0.39 is 133 Å². The summed E-state index contributed by atoms with van der Waals surface area (Å²) in [4.78, 5) is 147. The lowest BCUT2D eigenvalue weighted by Gasteiger charge is -2.28. The van der Waals surface area contributed by atoms with E-state index in [0.717, 1.165) is 32.4 Å². The number of hydrogen-bond donors (Lipinski definition) is 8. The molecule has 4 aromatic rings. The minimum atomic E-state index is -1.65. The fourth-order valence-corrected chi connectivity index (χ4v) is 9.53. The molecule has 0 radical (unpaired) electrons. The maximum absolute atomic E-state index is 14.1. The van der Waals surface area contributed by atoms with Gasteiger partial charge < -0.3 is 52.0 Å². The zero-order valence-corrected chi connectivity index (χ0v) is 41.8. The number of amides is 8. The van der Waals surface area contributed by atoms with Crippen LogP contribution in [0, 0.1) is 11.8 Å². The summed E-state index contributed by atoms with van der Waals surface area (Å²) >= 11 is 0. The minimum Gasteiger partial charge on any atom is -0.461 e. The molecule has 0 spiro atoms. The number of esters is 2. The summed E-state index contributed by atoms with van der Waals surface area (Å²) in [6.07, 6.45) is 1.19. The van der Waals surface area contributed by atoms with Crippen LogP contribution in [0.15, 0.2) is 72.9 Å². The predicted molar refractivity (Wildman–Crippen MR) is 265 cm³/mol. The first-order valence-electron chi connectivity index (χ1n) is 23.0. The number of para-hydroxylation sites is 2. The average Bonchev–Trinajstić information content (AvgIpc) is 3.35. The fraction of sp³-hybridized carbons (Fsp3) is 0.417. The van der Waals surface area contributed by atoms with E-state index in [1.54, 1.807) is 82.3 Å². The number of carbonyl (C=O) groups excluding carboxylic acids is 10. The Kier molecular flexibility index (Phi) is 18.5. The molecule has 3 aromatic carbocycles. The zero-order chi connectivity index (χ0) is 52.2. The summed E-state index contributed by atoms with van der Waals surface area (Å²) in [5.41, 5.74) is 0.857. The lowest BCUT2D eigenvalue weighted by molar-refractivity contribution is -0.152. The summed E-state index contributed by atoms with van der Waals surface area (Å²) in [5.74, 6) is -10.6. The number of hydrogen-bond acceptors (Lipinski definition) is 16. The Morgan fingerprint density at radius 3 is 1.56 bits per heavy atom. The van der Waals surface area contributed by atoms with E-state index in [2.05, 4.69) is 52.5 Å². The van der Waals surface area contributed by atoms with Crippen molar-refractivity contribution in [3.8, 4) is 0 Å². The molecule has 8 N–H and O–H groups in total. The molecule has 0 unspecified atom stereocenters. The second-order valence-electron chi connectivity index (χ2n) is 17.7. The number of aromatic nitrogens is 2. The number of rotatable bonds is 6. The molecular weight excluding hydrogens is 973 g/mol. The van der Waals surface area contributed by atoms with E-state index in [9.17, 15) is 47.9 Å². The Labute approximate surface area is 421 Å². The summed E-state index contributed by atoms with van der Waals surface area (Å²) in [7, 11) is 2.03. The van der Waals surface area contributed by atoms with Crippen molar-refractivity contribution in [2.75, 3.05) is 24.7 Å². The van der Waals surface area contributed by atoms with Gasteiger partial charge in [-0.25, -0.2) is 14.6 Å². The van der Waals surface area contributed by atoms with Crippen LogP contribution in [0.3, 0.4) is 0 Å². The molecule has 2 fully saturated rings. The number of nitrogens with zero attached hydrogens (tertiary/aromatic N) is 2. The molecule has 22 nitrogen and oxygen atoms in total. The third-order valence-corrected chi connectivity index (χ3v) is 13.9. The van der Waals surface area contributed by atoms with Gasteiger partial charge in [0.05, 0.1) is 17.2 Å². The van der Waals surface area contributed by atoms with Crippen LogP contribution in [0.4, 0.5) is 0 Å². The van der Waals surface area contributed by atoms with Crippen LogP contribution in [0.25, 0.3) is 21.8 Å². The van der Waals surface area contributed by atoms with Crippen LogP contribution in [-0.4, -0.2) is 142 Å². The number of carbonyl (C=O) groups is 10. The van der Waals surface area contributed by atoms with Crippen molar-refractivity contribution in [3.05, 3.63) is 84.2 Å². The summed E-state index contributed by atoms with van der Waals surface area (Å²) in [6.45, 7) is 7.53. The van der Waals surface area contributed by atoms with E-state index in [1.165, 1.54) is 20.0 Å². The van der Waals surface area contributed by atoms with Gasteiger partial charge in [-0.2, -0.15) is 0 Å². The molecule has 3 heterocycles.